The number of ether oxygens (including phenoxy) is 1. The third kappa shape index (κ3) is 3.62. The van der Waals surface area contributed by atoms with Gasteiger partial charge in [-0.15, -0.1) is 11.3 Å². The van der Waals surface area contributed by atoms with Gasteiger partial charge in [-0.25, -0.2) is 9.97 Å². The summed E-state index contributed by atoms with van der Waals surface area (Å²) < 4.78 is 5.57. The van der Waals surface area contributed by atoms with Gasteiger partial charge in [-0.05, 0) is 62.3 Å². The quantitative estimate of drug-likeness (QED) is 0.531. The maximum Gasteiger partial charge on any atom is 0.140 e. The largest absolute Gasteiger partial charge is 0.496 e. The van der Waals surface area contributed by atoms with Crippen LogP contribution in [0.5, 0.6) is 5.75 Å². The third-order valence-corrected chi connectivity index (χ3v) is 7.64. The number of piperidine rings is 1. The Bertz CT molecular complexity index is 1040. The number of hydrogen-bond acceptors (Lipinski definition) is 6. The minimum absolute atomic E-state index is 0.555. The van der Waals surface area contributed by atoms with E-state index in [1.165, 1.54) is 28.8 Å². The van der Waals surface area contributed by atoms with Crippen LogP contribution in [0, 0.1) is 0 Å². The molecule has 2 fully saturated rings. The summed E-state index contributed by atoms with van der Waals surface area (Å²) in [4.78, 5) is 16.2. The number of aromatic nitrogens is 2. The van der Waals surface area contributed by atoms with E-state index in [4.69, 9.17) is 14.7 Å². The van der Waals surface area contributed by atoms with Crippen molar-refractivity contribution >= 4 is 33.7 Å². The van der Waals surface area contributed by atoms with E-state index in [1.54, 1.807) is 7.11 Å². The van der Waals surface area contributed by atoms with Crippen LogP contribution in [-0.2, 0) is 0 Å². The lowest BCUT2D eigenvalue weighted by atomic mass is 9.94. The summed E-state index contributed by atoms with van der Waals surface area (Å²) in [6.07, 6.45) is 4.72. The van der Waals surface area contributed by atoms with Gasteiger partial charge in [0.05, 0.1) is 12.6 Å². The molecule has 2 aromatic heterocycles. The molecule has 1 aliphatic carbocycles. The van der Waals surface area contributed by atoms with Crippen LogP contribution in [0.3, 0.4) is 0 Å². The first kappa shape index (κ1) is 19.6. The van der Waals surface area contributed by atoms with Crippen LogP contribution in [-0.4, -0.2) is 43.8 Å². The van der Waals surface area contributed by atoms with Crippen LogP contribution in [0.1, 0.15) is 55.1 Å². The van der Waals surface area contributed by atoms with Crippen molar-refractivity contribution in [1.29, 1.82) is 0 Å². The van der Waals surface area contributed by atoms with Gasteiger partial charge in [0.25, 0.3) is 0 Å². The monoisotopic (exact) mass is 422 g/mol. The van der Waals surface area contributed by atoms with Crippen molar-refractivity contribution in [2.45, 2.75) is 44.4 Å². The summed E-state index contributed by atoms with van der Waals surface area (Å²) >= 11 is 1.83. The number of methoxy groups -OCH3 is 1. The van der Waals surface area contributed by atoms with Crippen LogP contribution < -0.4 is 14.5 Å². The van der Waals surface area contributed by atoms with Crippen molar-refractivity contribution < 1.29 is 4.74 Å². The van der Waals surface area contributed by atoms with Crippen molar-refractivity contribution in [3.8, 4) is 5.75 Å². The van der Waals surface area contributed by atoms with Gasteiger partial charge in [0.2, 0.25) is 0 Å². The molecule has 3 heterocycles. The number of hydrogen-bond donors (Lipinski definition) is 0. The number of benzene rings is 1. The Balaban J connectivity index is 1.46. The summed E-state index contributed by atoms with van der Waals surface area (Å²) in [5, 5.41) is 3.33. The predicted molar refractivity (Wildman–Crippen MR) is 126 cm³/mol. The molecule has 0 bridgehead atoms. The van der Waals surface area contributed by atoms with Crippen LogP contribution in [0.15, 0.2) is 29.6 Å². The second-order valence-electron chi connectivity index (χ2n) is 8.51. The molecule has 2 aliphatic rings. The molecule has 6 heteroatoms. The fraction of sp³-hybridized carbons (Fsp3) is 0.500. The van der Waals surface area contributed by atoms with Crippen LogP contribution >= 0.6 is 11.3 Å². The van der Waals surface area contributed by atoms with Gasteiger partial charge in [-0.3, -0.25) is 0 Å². The lowest BCUT2D eigenvalue weighted by molar-refractivity contribution is 0.401. The zero-order valence-corrected chi connectivity index (χ0v) is 18.9. The van der Waals surface area contributed by atoms with E-state index in [-0.39, 0.29) is 0 Å². The normalized spacial score (nSPS) is 17.5. The Morgan fingerprint density at radius 3 is 2.60 bits per heavy atom. The average Bonchev–Trinajstić information content (AvgIpc) is 3.54. The summed E-state index contributed by atoms with van der Waals surface area (Å²) in [5.74, 6) is 4.35. The Hall–Kier alpha value is -2.34. The van der Waals surface area contributed by atoms with Gasteiger partial charge in [0.1, 0.15) is 17.4 Å². The Morgan fingerprint density at radius 1 is 1.10 bits per heavy atom. The van der Waals surface area contributed by atoms with Gasteiger partial charge in [0, 0.05) is 54.5 Å². The van der Waals surface area contributed by atoms with E-state index in [1.807, 2.05) is 11.3 Å². The van der Waals surface area contributed by atoms with Crippen molar-refractivity contribution in [3.63, 3.8) is 0 Å². The van der Waals surface area contributed by atoms with Crippen molar-refractivity contribution in [3.05, 3.63) is 40.3 Å². The fourth-order valence-corrected chi connectivity index (χ4v) is 5.47. The van der Waals surface area contributed by atoms with E-state index in [0.717, 1.165) is 55.4 Å². The van der Waals surface area contributed by atoms with Gasteiger partial charge in [-0.2, -0.15) is 0 Å². The lowest BCUT2D eigenvalue weighted by Gasteiger charge is -2.33. The van der Waals surface area contributed by atoms with E-state index in [0.29, 0.717) is 11.8 Å². The van der Waals surface area contributed by atoms with Crippen LogP contribution in [0.25, 0.3) is 10.9 Å². The van der Waals surface area contributed by atoms with Gasteiger partial charge in [0.15, 0.2) is 0 Å². The fourth-order valence-electron chi connectivity index (χ4n) is 4.43. The molecule has 5 nitrogen and oxygen atoms in total. The zero-order valence-electron chi connectivity index (χ0n) is 18.1. The molecule has 3 aromatic rings. The summed E-state index contributed by atoms with van der Waals surface area (Å²) in [5.41, 5.74) is 2.31. The number of anilines is 2. The molecule has 1 aliphatic heterocycles. The molecule has 0 radical (unpaired) electrons. The van der Waals surface area contributed by atoms with E-state index >= 15 is 0 Å². The molecule has 30 heavy (non-hydrogen) atoms. The van der Waals surface area contributed by atoms with Crippen LogP contribution in [0.2, 0.25) is 0 Å². The highest BCUT2D eigenvalue weighted by Crippen LogP contribution is 2.42. The molecule has 1 saturated carbocycles. The molecule has 158 valence electrons. The molecular formula is C24H30N4OS. The summed E-state index contributed by atoms with van der Waals surface area (Å²) in [6, 6.07) is 8.74. The summed E-state index contributed by atoms with van der Waals surface area (Å²) in [7, 11) is 3.91. The topological polar surface area (TPSA) is 41.5 Å². The maximum absolute atomic E-state index is 5.57. The second kappa shape index (κ2) is 8.06. The standard InChI is InChI=1S/C24H30N4OS/c1-4-27(2)18-7-8-20-19(15-18)24(26-23(25-20)17-5-6-17)28-12-9-16(10-13-28)22-21(29-3)11-14-30-22/h7-8,11,14-17H,4-6,9-10,12-13H2,1-3H3. The smallest absolute Gasteiger partial charge is 0.140 e. The molecule has 0 atom stereocenters. The van der Waals surface area contributed by atoms with E-state index in [2.05, 4.69) is 53.4 Å². The molecule has 0 amide bonds. The Kier molecular flexibility index (Phi) is 5.27. The van der Waals surface area contributed by atoms with Crippen molar-refractivity contribution in [2.24, 2.45) is 0 Å². The van der Waals surface area contributed by atoms with Crippen molar-refractivity contribution in [1.82, 2.24) is 9.97 Å². The summed E-state index contributed by atoms with van der Waals surface area (Å²) in [6.45, 7) is 5.21. The van der Waals surface area contributed by atoms with Gasteiger partial charge < -0.3 is 14.5 Å². The first-order valence-corrected chi connectivity index (χ1v) is 11.9. The number of nitrogens with zero attached hydrogens (tertiary/aromatic N) is 4. The van der Waals surface area contributed by atoms with E-state index < -0.39 is 0 Å². The predicted octanol–water partition coefficient (Wildman–Crippen LogP) is 5.42. The minimum Gasteiger partial charge on any atom is -0.496 e. The highest BCUT2D eigenvalue weighted by atomic mass is 32.1. The first-order valence-electron chi connectivity index (χ1n) is 11.1. The minimum atomic E-state index is 0.555. The highest BCUT2D eigenvalue weighted by Gasteiger charge is 2.30. The first-order chi connectivity index (χ1) is 14.7. The van der Waals surface area contributed by atoms with E-state index in [9.17, 15) is 0 Å². The van der Waals surface area contributed by atoms with Crippen molar-refractivity contribution in [2.75, 3.05) is 43.6 Å². The number of thiophene rings is 1. The Morgan fingerprint density at radius 2 is 1.90 bits per heavy atom. The number of rotatable bonds is 6. The molecule has 0 unspecified atom stereocenters. The maximum atomic E-state index is 5.57. The SMILES string of the molecule is CCN(C)c1ccc2nc(C3CC3)nc(N3CCC(c4sccc4OC)CC3)c2c1. The molecule has 1 aromatic carbocycles. The van der Waals surface area contributed by atoms with Crippen LogP contribution in [0.4, 0.5) is 11.5 Å². The highest BCUT2D eigenvalue weighted by molar-refractivity contribution is 7.10. The zero-order chi connectivity index (χ0) is 20.7. The second-order valence-corrected chi connectivity index (χ2v) is 9.46. The molecular weight excluding hydrogens is 392 g/mol. The van der Waals surface area contributed by atoms with Gasteiger partial charge >= 0.3 is 0 Å². The molecule has 0 spiro atoms. The molecule has 5 rings (SSSR count). The molecule has 0 N–H and O–H groups in total. The Labute approximate surface area is 182 Å². The third-order valence-electron chi connectivity index (χ3n) is 6.58. The lowest BCUT2D eigenvalue weighted by Crippen LogP contribution is -2.33. The van der Waals surface area contributed by atoms with Gasteiger partial charge in [-0.1, -0.05) is 0 Å². The average molecular weight is 423 g/mol. The molecule has 1 saturated heterocycles. The number of fused-ring (bicyclic) bond motifs is 1.